The van der Waals surface area contributed by atoms with Gasteiger partial charge in [0.2, 0.25) is 0 Å². The highest BCUT2D eigenvalue weighted by molar-refractivity contribution is 7.84. The Hall–Kier alpha value is -3.04. The quantitative estimate of drug-likeness (QED) is 0.0690. The van der Waals surface area contributed by atoms with Gasteiger partial charge in [-0.3, -0.25) is 4.21 Å². The first kappa shape index (κ1) is 41.6. The summed E-state index contributed by atoms with van der Waals surface area (Å²) in [4.78, 5) is 0. The third-order valence-corrected chi connectivity index (χ3v) is 14.2. The van der Waals surface area contributed by atoms with Crippen LogP contribution in [0, 0.1) is 23.2 Å². The Morgan fingerprint density at radius 3 is 2.22 bits per heavy atom. The van der Waals surface area contributed by atoms with Crippen molar-refractivity contribution in [3.8, 4) is 5.75 Å². The molecule has 0 heterocycles. The van der Waals surface area contributed by atoms with Crippen LogP contribution in [0.3, 0.4) is 0 Å². The molecule has 3 nitrogen and oxygen atoms in total. The van der Waals surface area contributed by atoms with Crippen molar-refractivity contribution in [2.75, 3.05) is 11.5 Å². The number of ether oxygens (including phenoxy) is 2. The van der Waals surface area contributed by atoms with Crippen molar-refractivity contribution in [2.24, 2.45) is 23.2 Å². The molecule has 3 aromatic rings. The van der Waals surface area contributed by atoms with Gasteiger partial charge in [-0.1, -0.05) is 92.2 Å². The van der Waals surface area contributed by atoms with E-state index in [0.717, 1.165) is 62.7 Å². The molecule has 3 aliphatic carbocycles. The minimum absolute atomic E-state index is 0.123. The van der Waals surface area contributed by atoms with Crippen LogP contribution in [0.1, 0.15) is 112 Å². The molecule has 2 saturated carbocycles. The summed E-state index contributed by atoms with van der Waals surface area (Å²) in [5, 5.41) is 0. The first-order valence-electron chi connectivity index (χ1n) is 20.3. The van der Waals surface area contributed by atoms with E-state index in [1.54, 1.807) is 0 Å². The molecule has 0 spiro atoms. The maximum atomic E-state index is 13.1. The van der Waals surface area contributed by atoms with Gasteiger partial charge in [0.1, 0.15) is 12.4 Å². The van der Waals surface area contributed by atoms with Gasteiger partial charge >= 0.3 is 12.1 Å². The molecule has 0 radical (unpaired) electrons. The van der Waals surface area contributed by atoms with Crippen LogP contribution in [0.2, 0.25) is 0 Å². The Kier molecular flexibility index (Phi) is 14.3. The summed E-state index contributed by atoms with van der Waals surface area (Å²) in [6, 6.07) is 27.6. The average molecular weight is 785 g/mol. The molecule has 3 aromatic carbocycles. The highest BCUT2D eigenvalue weighted by Crippen LogP contribution is 2.64. The summed E-state index contributed by atoms with van der Waals surface area (Å²) in [6.45, 7) is 3.73. The van der Waals surface area contributed by atoms with Crippen molar-refractivity contribution >= 4 is 10.8 Å². The highest BCUT2D eigenvalue weighted by Gasteiger charge is 2.58. The van der Waals surface area contributed by atoms with Crippen molar-refractivity contribution in [2.45, 2.75) is 128 Å². The molecular formula is C46H57F5O3S. The lowest BCUT2D eigenvalue weighted by Gasteiger charge is -2.54. The zero-order chi connectivity index (χ0) is 38.9. The van der Waals surface area contributed by atoms with E-state index in [1.165, 1.54) is 29.5 Å². The molecule has 2 fully saturated rings. The third-order valence-electron chi connectivity index (χ3n) is 12.7. The molecule has 300 valence electrons. The minimum Gasteiger partial charge on any atom is -0.489 e. The van der Waals surface area contributed by atoms with Crippen LogP contribution in [0.15, 0.2) is 91.0 Å². The average Bonchev–Trinajstić information content (AvgIpc) is 3.50. The molecule has 1 unspecified atom stereocenters. The fourth-order valence-electron chi connectivity index (χ4n) is 9.92. The second-order valence-corrected chi connectivity index (χ2v) is 18.1. The van der Waals surface area contributed by atoms with Crippen LogP contribution in [-0.2, 0) is 35.2 Å². The van der Waals surface area contributed by atoms with Crippen LogP contribution in [0.4, 0.5) is 22.0 Å². The fraction of sp³-hybridized carbons (Fsp3) is 0.565. The first-order chi connectivity index (χ1) is 26.4. The lowest BCUT2D eigenvalue weighted by Crippen LogP contribution is -2.48. The predicted octanol–water partition coefficient (Wildman–Crippen LogP) is 12.6. The van der Waals surface area contributed by atoms with Crippen molar-refractivity contribution < 1.29 is 35.6 Å². The molecule has 7 atom stereocenters. The number of aryl methyl sites for hydroxylation is 1. The van der Waals surface area contributed by atoms with E-state index in [-0.39, 0.29) is 17.3 Å². The second kappa shape index (κ2) is 18.9. The lowest BCUT2D eigenvalue weighted by atomic mass is 9.51. The van der Waals surface area contributed by atoms with E-state index >= 15 is 0 Å². The Morgan fingerprint density at radius 2 is 1.49 bits per heavy atom. The van der Waals surface area contributed by atoms with Crippen LogP contribution in [0.25, 0.3) is 0 Å². The molecule has 0 aliphatic heterocycles. The standard InChI is InChI=1S/C46H57F5O3S/c1-44-31-37(20-13-5-3-2-4-6-14-28-55(52)29-15-27-45(47,48)46(49,50)51)43-39-24-22-38(53-32-34-16-9-7-10-17-34)30-36(39)21-23-40(43)41(44)25-26-42(44)54-33-35-18-11-8-12-19-35/h3,5,7-12,16-19,22,24,30,37,40-43H,2,4,6,13-15,20-21,23,25-29,31-33H2,1H3/b5-3+/t37-,40-,41-,42-,43+,44-,55?/m0/s1. The number of hydrogen-bond acceptors (Lipinski definition) is 3. The van der Waals surface area contributed by atoms with Crippen LogP contribution in [0.5, 0.6) is 5.75 Å². The molecule has 9 heteroatoms. The van der Waals surface area contributed by atoms with Gasteiger partial charge in [-0.15, -0.1) is 0 Å². The van der Waals surface area contributed by atoms with Gasteiger partial charge < -0.3 is 9.47 Å². The SMILES string of the molecule is C[C@]12C[C@H](CC/C=C/CCCCCS(=O)CCCC(F)(F)C(F)(F)F)[C@@H]3c4ccc(OCc5ccccc5)cc4CC[C@H]3[C@@H]1CC[C@@H]2OCc1ccccc1. The molecule has 0 bridgehead atoms. The van der Waals surface area contributed by atoms with Gasteiger partial charge in [-0.05, 0) is 134 Å². The summed E-state index contributed by atoms with van der Waals surface area (Å²) < 4.78 is 88.5. The van der Waals surface area contributed by atoms with Gasteiger partial charge in [0, 0.05) is 28.7 Å². The second-order valence-electron chi connectivity index (χ2n) is 16.4. The molecular weight excluding hydrogens is 728 g/mol. The summed E-state index contributed by atoms with van der Waals surface area (Å²) >= 11 is 0. The normalized spacial score (nSPS) is 25.7. The maximum Gasteiger partial charge on any atom is 0.453 e. The number of halogens is 5. The highest BCUT2D eigenvalue weighted by atomic mass is 32.2. The monoisotopic (exact) mass is 784 g/mol. The zero-order valence-electron chi connectivity index (χ0n) is 32.1. The van der Waals surface area contributed by atoms with Gasteiger partial charge in [0.15, 0.2) is 0 Å². The summed E-state index contributed by atoms with van der Waals surface area (Å²) in [5.74, 6) is -1.23. The molecule has 3 aliphatic rings. The Labute approximate surface area is 326 Å². The molecule has 0 N–H and O–H groups in total. The van der Waals surface area contributed by atoms with Crippen molar-refractivity contribution in [1.29, 1.82) is 0 Å². The van der Waals surface area contributed by atoms with Gasteiger partial charge in [-0.2, -0.15) is 22.0 Å². The largest absolute Gasteiger partial charge is 0.489 e. The van der Waals surface area contributed by atoms with E-state index in [1.807, 2.05) is 24.3 Å². The predicted molar refractivity (Wildman–Crippen MR) is 211 cm³/mol. The van der Waals surface area contributed by atoms with Gasteiger partial charge in [0.25, 0.3) is 0 Å². The lowest BCUT2D eigenvalue weighted by molar-refractivity contribution is -0.284. The fourth-order valence-corrected chi connectivity index (χ4v) is 11.1. The molecule has 55 heavy (non-hydrogen) atoms. The summed E-state index contributed by atoms with van der Waals surface area (Å²) in [7, 11) is -1.38. The Morgan fingerprint density at radius 1 is 0.800 bits per heavy atom. The summed E-state index contributed by atoms with van der Waals surface area (Å²) in [5.41, 5.74) is 5.47. The number of hydrogen-bond donors (Lipinski definition) is 0. The first-order valence-corrected chi connectivity index (χ1v) is 21.8. The molecule has 0 aromatic heterocycles. The Bertz CT molecular complexity index is 1700. The number of rotatable bonds is 19. The van der Waals surface area contributed by atoms with E-state index in [0.29, 0.717) is 49.1 Å². The van der Waals surface area contributed by atoms with Crippen molar-refractivity contribution in [1.82, 2.24) is 0 Å². The number of alkyl halides is 5. The van der Waals surface area contributed by atoms with Crippen LogP contribution >= 0.6 is 0 Å². The maximum absolute atomic E-state index is 13.1. The van der Waals surface area contributed by atoms with E-state index in [2.05, 4.69) is 73.7 Å². The van der Waals surface area contributed by atoms with Gasteiger partial charge in [0.05, 0.1) is 12.7 Å². The summed E-state index contributed by atoms with van der Waals surface area (Å²) in [6.07, 6.45) is 8.78. The molecule has 6 rings (SSSR count). The number of fused-ring (bicyclic) bond motifs is 5. The molecule has 0 saturated heterocycles. The number of benzene rings is 3. The van der Waals surface area contributed by atoms with E-state index in [9.17, 15) is 26.2 Å². The zero-order valence-corrected chi connectivity index (χ0v) is 32.9. The van der Waals surface area contributed by atoms with Gasteiger partial charge in [-0.25, -0.2) is 0 Å². The topological polar surface area (TPSA) is 35.5 Å². The van der Waals surface area contributed by atoms with Crippen LogP contribution in [-0.4, -0.2) is 33.9 Å². The van der Waals surface area contributed by atoms with Crippen LogP contribution < -0.4 is 4.74 Å². The minimum atomic E-state index is -5.55. The van der Waals surface area contributed by atoms with E-state index in [4.69, 9.17) is 9.47 Å². The molecule has 0 amide bonds. The van der Waals surface area contributed by atoms with Crippen molar-refractivity contribution in [3.05, 3.63) is 113 Å². The third kappa shape index (κ3) is 10.7. The Balaban J connectivity index is 1.03. The van der Waals surface area contributed by atoms with E-state index < -0.39 is 35.7 Å². The number of unbranched alkanes of at least 4 members (excludes halogenated alkanes) is 3. The smallest absolute Gasteiger partial charge is 0.453 e. The van der Waals surface area contributed by atoms with Crippen molar-refractivity contribution in [3.63, 3.8) is 0 Å². The number of allylic oxidation sites excluding steroid dienone is 2.